The SMILES string of the molecule is CCOC(CSc1ccc(O)c2ccccc12)OCC. The summed E-state index contributed by atoms with van der Waals surface area (Å²) in [6.07, 6.45) is -0.192. The van der Waals surface area contributed by atoms with E-state index >= 15 is 0 Å². The highest BCUT2D eigenvalue weighted by molar-refractivity contribution is 7.99. The zero-order valence-electron chi connectivity index (χ0n) is 11.8. The summed E-state index contributed by atoms with van der Waals surface area (Å²) in [5.74, 6) is 1.05. The Labute approximate surface area is 123 Å². The molecule has 0 unspecified atom stereocenters. The second-order valence-electron chi connectivity index (χ2n) is 4.28. The first kappa shape index (κ1) is 15.2. The van der Waals surface area contributed by atoms with Crippen LogP contribution in [0.15, 0.2) is 41.3 Å². The summed E-state index contributed by atoms with van der Waals surface area (Å²) in [5.41, 5.74) is 0. The van der Waals surface area contributed by atoms with E-state index in [2.05, 4.69) is 0 Å². The zero-order chi connectivity index (χ0) is 14.4. The molecule has 2 rings (SSSR count). The van der Waals surface area contributed by atoms with Crippen molar-refractivity contribution < 1.29 is 14.6 Å². The minimum absolute atomic E-state index is 0.192. The molecule has 4 heteroatoms. The van der Waals surface area contributed by atoms with E-state index in [-0.39, 0.29) is 6.29 Å². The van der Waals surface area contributed by atoms with Crippen LogP contribution in [0.1, 0.15) is 13.8 Å². The van der Waals surface area contributed by atoms with E-state index < -0.39 is 0 Å². The largest absolute Gasteiger partial charge is 0.507 e. The minimum atomic E-state index is -0.192. The summed E-state index contributed by atoms with van der Waals surface area (Å²) >= 11 is 1.69. The lowest BCUT2D eigenvalue weighted by molar-refractivity contribution is -0.120. The average Bonchev–Trinajstić information content (AvgIpc) is 2.47. The molecule has 20 heavy (non-hydrogen) atoms. The van der Waals surface area contributed by atoms with Gasteiger partial charge in [0.25, 0.3) is 0 Å². The molecule has 2 aromatic carbocycles. The molecule has 0 radical (unpaired) electrons. The van der Waals surface area contributed by atoms with Crippen molar-refractivity contribution in [2.24, 2.45) is 0 Å². The molecule has 0 atom stereocenters. The number of phenols is 1. The first-order chi connectivity index (χ1) is 9.76. The topological polar surface area (TPSA) is 38.7 Å². The fourth-order valence-electron chi connectivity index (χ4n) is 2.06. The fraction of sp³-hybridized carbons (Fsp3) is 0.375. The van der Waals surface area contributed by atoms with Gasteiger partial charge in [-0.1, -0.05) is 24.3 Å². The number of phenolic OH excluding ortho intramolecular Hbond substituents is 1. The van der Waals surface area contributed by atoms with Gasteiger partial charge in [-0.3, -0.25) is 0 Å². The highest BCUT2D eigenvalue weighted by Gasteiger charge is 2.11. The number of hydrogen-bond donors (Lipinski definition) is 1. The lowest BCUT2D eigenvalue weighted by Gasteiger charge is -2.17. The third-order valence-electron chi connectivity index (χ3n) is 2.94. The maximum atomic E-state index is 9.88. The van der Waals surface area contributed by atoms with Crippen molar-refractivity contribution in [1.82, 2.24) is 0 Å². The molecule has 0 fully saturated rings. The van der Waals surface area contributed by atoms with Gasteiger partial charge in [0.15, 0.2) is 6.29 Å². The molecule has 0 aliphatic rings. The van der Waals surface area contributed by atoms with E-state index in [9.17, 15) is 5.11 Å². The van der Waals surface area contributed by atoms with Gasteiger partial charge in [-0.05, 0) is 31.4 Å². The molecule has 0 heterocycles. The second-order valence-corrected chi connectivity index (χ2v) is 5.34. The van der Waals surface area contributed by atoms with Gasteiger partial charge in [0, 0.05) is 29.2 Å². The van der Waals surface area contributed by atoms with Crippen LogP contribution in [0.2, 0.25) is 0 Å². The standard InChI is InChI=1S/C16H20O3S/c1-3-18-16(19-4-2)11-20-15-10-9-14(17)12-7-5-6-8-13(12)15/h5-10,16-17H,3-4,11H2,1-2H3. The van der Waals surface area contributed by atoms with Crippen LogP contribution in [0.5, 0.6) is 5.75 Å². The molecule has 0 saturated carbocycles. The van der Waals surface area contributed by atoms with Gasteiger partial charge in [0.1, 0.15) is 5.75 Å². The normalized spacial score (nSPS) is 11.3. The summed E-state index contributed by atoms with van der Waals surface area (Å²) in [7, 11) is 0. The van der Waals surface area contributed by atoms with E-state index in [0.29, 0.717) is 19.0 Å². The first-order valence-electron chi connectivity index (χ1n) is 6.83. The molecule has 0 aliphatic carbocycles. The van der Waals surface area contributed by atoms with Crippen LogP contribution in [0, 0.1) is 0 Å². The van der Waals surface area contributed by atoms with E-state index in [1.807, 2.05) is 44.2 Å². The Morgan fingerprint density at radius 2 is 1.65 bits per heavy atom. The van der Waals surface area contributed by atoms with E-state index in [4.69, 9.17) is 9.47 Å². The molecule has 0 amide bonds. The average molecular weight is 292 g/mol. The van der Waals surface area contributed by atoms with Crippen LogP contribution in [-0.4, -0.2) is 30.4 Å². The van der Waals surface area contributed by atoms with Crippen LogP contribution in [0.4, 0.5) is 0 Å². The number of aromatic hydroxyl groups is 1. The van der Waals surface area contributed by atoms with Crippen molar-refractivity contribution >= 4 is 22.5 Å². The van der Waals surface area contributed by atoms with Crippen molar-refractivity contribution in [1.29, 1.82) is 0 Å². The van der Waals surface area contributed by atoms with Gasteiger partial charge in [0.2, 0.25) is 0 Å². The summed E-state index contributed by atoms with van der Waals surface area (Å²) in [4.78, 5) is 1.13. The Morgan fingerprint density at radius 1 is 1.00 bits per heavy atom. The lowest BCUT2D eigenvalue weighted by Crippen LogP contribution is -2.19. The predicted octanol–water partition coefficient (Wildman–Crippen LogP) is 4.04. The molecule has 1 N–H and O–H groups in total. The lowest BCUT2D eigenvalue weighted by atomic mass is 10.1. The number of rotatable bonds is 7. The molecule has 0 saturated heterocycles. The van der Waals surface area contributed by atoms with E-state index in [1.54, 1.807) is 17.8 Å². The Balaban J connectivity index is 2.15. The van der Waals surface area contributed by atoms with Crippen LogP contribution in [-0.2, 0) is 9.47 Å². The van der Waals surface area contributed by atoms with E-state index in [0.717, 1.165) is 21.4 Å². The van der Waals surface area contributed by atoms with Gasteiger partial charge in [-0.15, -0.1) is 11.8 Å². The zero-order valence-corrected chi connectivity index (χ0v) is 12.7. The number of fused-ring (bicyclic) bond motifs is 1. The van der Waals surface area contributed by atoms with Crippen molar-refractivity contribution in [2.75, 3.05) is 19.0 Å². The van der Waals surface area contributed by atoms with Crippen LogP contribution in [0.25, 0.3) is 10.8 Å². The van der Waals surface area contributed by atoms with Crippen molar-refractivity contribution in [3.05, 3.63) is 36.4 Å². The second kappa shape index (κ2) is 7.53. The van der Waals surface area contributed by atoms with Gasteiger partial charge in [-0.2, -0.15) is 0 Å². The van der Waals surface area contributed by atoms with Crippen LogP contribution in [0.3, 0.4) is 0 Å². The molecule has 0 spiro atoms. The molecule has 0 bridgehead atoms. The number of hydrogen-bond acceptors (Lipinski definition) is 4. The Hall–Kier alpha value is -1.23. The summed E-state index contributed by atoms with van der Waals surface area (Å²) in [6, 6.07) is 11.5. The molecular weight excluding hydrogens is 272 g/mol. The number of ether oxygens (including phenoxy) is 2. The highest BCUT2D eigenvalue weighted by Crippen LogP contribution is 2.33. The molecular formula is C16H20O3S. The molecule has 0 aliphatic heterocycles. The number of thioether (sulfide) groups is 1. The van der Waals surface area contributed by atoms with Crippen molar-refractivity contribution in [3.8, 4) is 5.75 Å². The maximum Gasteiger partial charge on any atom is 0.166 e. The summed E-state index contributed by atoms with van der Waals surface area (Å²) in [6.45, 7) is 5.21. The van der Waals surface area contributed by atoms with Gasteiger partial charge >= 0.3 is 0 Å². The van der Waals surface area contributed by atoms with Gasteiger partial charge in [0.05, 0.1) is 0 Å². The monoisotopic (exact) mass is 292 g/mol. The van der Waals surface area contributed by atoms with Crippen LogP contribution < -0.4 is 0 Å². The first-order valence-corrected chi connectivity index (χ1v) is 7.81. The molecule has 0 aromatic heterocycles. The van der Waals surface area contributed by atoms with Crippen molar-refractivity contribution in [2.45, 2.75) is 25.0 Å². The maximum absolute atomic E-state index is 9.88. The predicted molar refractivity (Wildman–Crippen MR) is 83.4 cm³/mol. The Kier molecular flexibility index (Phi) is 5.71. The highest BCUT2D eigenvalue weighted by atomic mass is 32.2. The quantitative estimate of drug-likeness (QED) is 0.617. The van der Waals surface area contributed by atoms with Gasteiger partial charge < -0.3 is 14.6 Å². The molecule has 2 aromatic rings. The van der Waals surface area contributed by atoms with Crippen molar-refractivity contribution in [3.63, 3.8) is 0 Å². The van der Waals surface area contributed by atoms with Gasteiger partial charge in [-0.25, -0.2) is 0 Å². The summed E-state index contributed by atoms with van der Waals surface area (Å²) < 4.78 is 11.1. The molecule has 108 valence electrons. The van der Waals surface area contributed by atoms with Crippen LogP contribution >= 0.6 is 11.8 Å². The summed E-state index contributed by atoms with van der Waals surface area (Å²) in [5, 5.41) is 11.8. The third kappa shape index (κ3) is 3.66. The smallest absolute Gasteiger partial charge is 0.166 e. The van der Waals surface area contributed by atoms with E-state index in [1.165, 1.54) is 0 Å². The minimum Gasteiger partial charge on any atom is -0.507 e. The molecule has 3 nitrogen and oxygen atoms in total. The number of benzene rings is 2. The fourth-order valence-corrected chi connectivity index (χ4v) is 3.06. The Bertz CT molecular complexity index is 550. The Morgan fingerprint density at radius 3 is 2.30 bits per heavy atom. The third-order valence-corrected chi connectivity index (χ3v) is 4.05.